The van der Waals surface area contributed by atoms with E-state index in [1.807, 2.05) is 18.2 Å². The molecule has 3 aliphatic heterocycles. The molecule has 11 heteroatoms. The Bertz CT molecular complexity index is 1450. The van der Waals surface area contributed by atoms with Crippen LogP contribution in [0.5, 0.6) is 0 Å². The number of benzene rings is 2. The van der Waals surface area contributed by atoms with Crippen molar-refractivity contribution in [1.29, 1.82) is 0 Å². The molecule has 45 heavy (non-hydrogen) atoms. The zero-order chi connectivity index (χ0) is 32.1. The third-order valence-electron chi connectivity index (χ3n) is 8.86. The Morgan fingerprint density at radius 2 is 1.89 bits per heavy atom. The van der Waals surface area contributed by atoms with Crippen molar-refractivity contribution in [2.24, 2.45) is 11.8 Å². The highest BCUT2D eigenvalue weighted by molar-refractivity contribution is 6.34. The largest absolute Gasteiger partial charge is 0.455 e. The van der Waals surface area contributed by atoms with E-state index in [1.165, 1.54) is 9.80 Å². The number of nitrogens with one attached hydrogen (secondary N) is 1. The van der Waals surface area contributed by atoms with E-state index in [1.54, 1.807) is 48.6 Å². The predicted octanol–water partition coefficient (Wildman–Crippen LogP) is 3.59. The van der Waals surface area contributed by atoms with Crippen LogP contribution in [0.4, 0.5) is 5.69 Å². The van der Waals surface area contributed by atoms with Gasteiger partial charge in [0.05, 0.1) is 41.8 Å². The number of aliphatic hydroxyl groups excluding tert-OH is 1. The molecule has 3 fully saturated rings. The highest BCUT2D eigenvalue weighted by atomic mass is 35.5. The molecular weight excluding hydrogens is 598 g/mol. The maximum atomic E-state index is 14.4. The van der Waals surface area contributed by atoms with E-state index in [-0.39, 0.29) is 38.6 Å². The van der Waals surface area contributed by atoms with Crippen LogP contribution in [0.3, 0.4) is 0 Å². The molecule has 6 atom stereocenters. The first-order valence-corrected chi connectivity index (χ1v) is 15.5. The second kappa shape index (κ2) is 14.0. The lowest BCUT2D eigenvalue weighted by molar-refractivity contribution is -0.160. The summed E-state index contributed by atoms with van der Waals surface area (Å²) in [6, 6.07) is 14.8. The lowest BCUT2D eigenvalue weighted by Crippen LogP contribution is -2.57. The number of carbonyl (C=O) groups excluding carboxylic acids is 4. The summed E-state index contributed by atoms with van der Waals surface area (Å²) < 4.78 is 12.5. The van der Waals surface area contributed by atoms with Gasteiger partial charge in [-0.1, -0.05) is 66.2 Å². The van der Waals surface area contributed by atoms with Crippen LogP contribution in [-0.2, 0) is 28.7 Å². The average molecular weight is 636 g/mol. The highest BCUT2D eigenvalue weighted by Crippen LogP contribution is 2.59. The van der Waals surface area contributed by atoms with E-state index in [9.17, 15) is 24.3 Å². The van der Waals surface area contributed by atoms with Gasteiger partial charge < -0.3 is 29.7 Å². The van der Waals surface area contributed by atoms with Crippen molar-refractivity contribution in [3.8, 4) is 0 Å². The third kappa shape index (κ3) is 6.14. The molecule has 238 valence electrons. The fourth-order valence-electron chi connectivity index (χ4n) is 6.95. The zero-order valence-corrected chi connectivity index (χ0v) is 25.7. The summed E-state index contributed by atoms with van der Waals surface area (Å²) in [4.78, 5) is 57.6. The quantitative estimate of drug-likeness (QED) is 0.240. The van der Waals surface area contributed by atoms with Gasteiger partial charge in [-0.2, -0.15) is 0 Å². The summed E-state index contributed by atoms with van der Waals surface area (Å²) in [5, 5.41) is 13.1. The average Bonchev–Trinajstić information content (AvgIpc) is 3.69. The van der Waals surface area contributed by atoms with Gasteiger partial charge >= 0.3 is 5.97 Å². The smallest absolute Gasteiger partial charge is 0.313 e. The molecule has 0 radical (unpaired) electrons. The third-order valence-corrected chi connectivity index (χ3v) is 9.18. The molecule has 3 aliphatic rings. The van der Waals surface area contributed by atoms with Gasteiger partial charge in [-0.15, -0.1) is 13.2 Å². The molecule has 0 saturated carbocycles. The van der Waals surface area contributed by atoms with Crippen molar-refractivity contribution in [1.82, 2.24) is 10.2 Å². The van der Waals surface area contributed by atoms with Crippen LogP contribution in [-0.4, -0.2) is 77.7 Å². The topological polar surface area (TPSA) is 125 Å². The zero-order valence-electron chi connectivity index (χ0n) is 25.0. The van der Waals surface area contributed by atoms with Crippen molar-refractivity contribution in [2.75, 3.05) is 31.1 Å². The second-order valence-corrected chi connectivity index (χ2v) is 11.9. The fraction of sp³-hybridized carbons (Fsp3) is 0.412. The Kier molecular flexibility index (Phi) is 10.1. The Morgan fingerprint density at radius 3 is 2.58 bits per heavy atom. The summed E-state index contributed by atoms with van der Waals surface area (Å²) in [6.45, 7) is 7.10. The van der Waals surface area contributed by atoms with E-state index < -0.39 is 53.5 Å². The maximum Gasteiger partial charge on any atom is 0.313 e. The molecule has 0 unspecified atom stereocenters. The highest BCUT2D eigenvalue weighted by Gasteiger charge is 2.75. The molecule has 3 amide bonds. The number of ether oxygens (including phenoxy) is 2. The first kappa shape index (κ1) is 32.4. The number of para-hydroxylation sites is 1. The molecule has 3 saturated heterocycles. The lowest BCUT2D eigenvalue weighted by atomic mass is 9.70. The summed E-state index contributed by atoms with van der Waals surface area (Å²) in [5.74, 6) is -3.69. The molecule has 2 aromatic rings. The Labute approximate surface area is 267 Å². The van der Waals surface area contributed by atoms with Crippen LogP contribution >= 0.6 is 11.6 Å². The molecule has 0 aromatic heterocycles. The molecule has 1 spiro atoms. The van der Waals surface area contributed by atoms with E-state index in [2.05, 4.69) is 18.5 Å². The van der Waals surface area contributed by atoms with Gasteiger partial charge in [0.15, 0.2) is 0 Å². The minimum Gasteiger partial charge on any atom is -0.455 e. The van der Waals surface area contributed by atoms with Crippen molar-refractivity contribution in [3.63, 3.8) is 0 Å². The number of carbonyl (C=O) groups is 4. The number of allylic oxidation sites excluding steroid dienone is 1. The van der Waals surface area contributed by atoms with E-state index >= 15 is 0 Å². The Balaban J connectivity index is 1.44. The molecule has 2 bridgehead atoms. The number of amides is 3. The van der Waals surface area contributed by atoms with Crippen molar-refractivity contribution in [2.45, 2.75) is 49.5 Å². The van der Waals surface area contributed by atoms with Crippen molar-refractivity contribution >= 4 is 41.0 Å². The van der Waals surface area contributed by atoms with Crippen LogP contribution in [0.2, 0.25) is 5.02 Å². The molecule has 2 aromatic carbocycles. The number of esters is 1. The monoisotopic (exact) mass is 635 g/mol. The first-order chi connectivity index (χ1) is 21.8. The van der Waals surface area contributed by atoms with Gasteiger partial charge in [0.1, 0.15) is 17.7 Å². The van der Waals surface area contributed by atoms with Gasteiger partial charge in [0, 0.05) is 19.5 Å². The minimum absolute atomic E-state index is 0.0415. The second-order valence-electron chi connectivity index (χ2n) is 11.5. The normalized spacial score (nSPS) is 25.4. The molecule has 5 rings (SSSR count). The van der Waals surface area contributed by atoms with Gasteiger partial charge in [0.25, 0.3) is 5.91 Å². The van der Waals surface area contributed by atoms with Gasteiger partial charge in [-0.3, -0.25) is 19.2 Å². The summed E-state index contributed by atoms with van der Waals surface area (Å²) >= 11 is 6.48. The van der Waals surface area contributed by atoms with Crippen molar-refractivity contribution < 1.29 is 33.8 Å². The summed E-state index contributed by atoms with van der Waals surface area (Å²) in [6.07, 6.45) is 3.36. The van der Waals surface area contributed by atoms with E-state index in [0.717, 1.165) is 0 Å². The molecule has 10 nitrogen and oxygen atoms in total. The number of hydrogen-bond donors (Lipinski definition) is 2. The van der Waals surface area contributed by atoms with Crippen molar-refractivity contribution in [3.05, 3.63) is 90.5 Å². The number of fused-ring (bicyclic) bond motifs is 1. The molecule has 3 heterocycles. The molecular formula is C34H38ClN3O7. The van der Waals surface area contributed by atoms with Gasteiger partial charge in [-0.05, 0) is 37.0 Å². The number of likely N-dealkylation sites (tertiary alicyclic amines) is 1. The van der Waals surface area contributed by atoms with E-state index in [4.69, 9.17) is 21.1 Å². The van der Waals surface area contributed by atoms with Crippen LogP contribution < -0.4 is 10.2 Å². The number of rotatable bonds is 14. The fourth-order valence-corrected chi connectivity index (χ4v) is 7.18. The van der Waals surface area contributed by atoms with Gasteiger partial charge in [-0.25, -0.2) is 0 Å². The maximum absolute atomic E-state index is 14.4. The van der Waals surface area contributed by atoms with Crippen LogP contribution in [0.15, 0.2) is 79.9 Å². The Hall–Kier alpha value is -3.99. The number of anilines is 1. The van der Waals surface area contributed by atoms with Crippen LogP contribution in [0, 0.1) is 11.8 Å². The van der Waals surface area contributed by atoms with Crippen LogP contribution in [0.1, 0.15) is 37.4 Å². The minimum atomic E-state index is -1.29. The standard InChI is InChI=1S/C34H38ClN3O7/c1-3-5-15-27(40)36-21-26(22-11-7-6-8-12-22)44-33(43)28-25-16-17-34(45-25)29(28)31(41)38(19-20-39)30(34)32(42)37(18-4-2)24-14-10-9-13-23(24)35/h3-4,6-14,25-26,28-30,39H,1-2,5,15-21H2,(H,36,40)/t25-,26+,28+,29+,30-,34+/m0/s1. The first-order valence-electron chi connectivity index (χ1n) is 15.2. The van der Waals surface area contributed by atoms with E-state index in [0.29, 0.717) is 35.5 Å². The number of hydrogen-bond acceptors (Lipinski definition) is 7. The number of halogens is 1. The summed E-state index contributed by atoms with van der Waals surface area (Å²) in [5.41, 5.74) is -0.162. The molecule has 2 N–H and O–H groups in total. The predicted molar refractivity (Wildman–Crippen MR) is 168 cm³/mol. The van der Waals surface area contributed by atoms with Gasteiger partial charge in [0.2, 0.25) is 11.8 Å². The summed E-state index contributed by atoms with van der Waals surface area (Å²) in [7, 11) is 0. The number of β-amino-alcohol motifs (C(OH)–C–C–N with tert-alkyl or cyclic N) is 1. The SMILES string of the molecule is C=CCCC(=O)NC[C@@H](OC(=O)[C@@H]1[C@@H]2CC[C@]3(O2)[C@H](C(=O)N(CC=C)c2ccccc2Cl)N(CCO)C(=O)[C@@H]13)c1ccccc1. The van der Waals surface area contributed by atoms with Crippen LogP contribution in [0.25, 0.3) is 0 Å². The number of nitrogens with zero attached hydrogens (tertiary/aromatic N) is 2. The number of aliphatic hydroxyl groups is 1. The lowest BCUT2D eigenvalue weighted by Gasteiger charge is -2.36. The Morgan fingerprint density at radius 1 is 1.16 bits per heavy atom. The molecule has 0 aliphatic carbocycles.